The van der Waals surface area contributed by atoms with E-state index in [9.17, 15) is 14.3 Å². The van der Waals surface area contributed by atoms with E-state index in [2.05, 4.69) is 27.1 Å². The van der Waals surface area contributed by atoms with Crippen molar-refractivity contribution in [1.29, 1.82) is 0 Å². The summed E-state index contributed by atoms with van der Waals surface area (Å²) in [7, 11) is 1.91. The molecule has 2 N–H and O–H groups in total. The number of likely N-dealkylation sites (N-methyl/N-ethyl adjacent to an activating group) is 1. The molecule has 1 atom stereocenters. The summed E-state index contributed by atoms with van der Waals surface area (Å²) in [5, 5.41) is 12.5. The Labute approximate surface area is 229 Å². The first-order chi connectivity index (χ1) is 18.8. The number of hydrogen-bond donors (Lipinski definition) is 2. The molecule has 1 aliphatic rings. The summed E-state index contributed by atoms with van der Waals surface area (Å²) in [5.74, 6) is 1.47. The highest BCUT2D eigenvalue weighted by atomic mass is 19.1. The summed E-state index contributed by atoms with van der Waals surface area (Å²) in [4.78, 5) is 29.4. The predicted molar refractivity (Wildman–Crippen MR) is 150 cm³/mol. The first-order valence-corrected chi connectivity index (χ1v) is 13.5. The molecule has 2 aromatic carbocycles. The van der Waals surface area contributed by atoms with Gasteiger partial charge in [-0.05, 0) is 73.6 Å². The number of aromatic nitrogens is 3. The van der Waals surface area contributed by atoms with Gasteiger partial charge < -0.3 is 25.0 Å². The Hall–Kier alpha value is -3.95. The van der Waals surface area contributed by atoms with E-state index in [0.717, 1.165) is 31.5 Å². The molecule has 1 aromatic heterocycles. The van der Waals surface area contributed by atoms with Crippen molar-refractivity contribution in [2.24, 2.45) is 11.8 Å². The van der Waals surface area contributed by atoms with Crippen molar-refractivity contribution in [3.63, 3.8) is 0 Å². The first-order valence-electron chi connectivity index (χ1n) is 13.5. The van der Waals surface area contributed by atoms with Gasteiger partial charge in [0.15, 0.2) is 0 Å². The lowest BCUT2D eigenvalue weighted by molar-refractivity contribution is -0.141. The summed E-state index contributed by atoms with van der Waals surface area (Å²) in [6.45, 7) is 6.86. The number of carboxylic acids is 1. The second-order valence-corrected chi connectivity index (χ2v) is 10.1. The van der Waals surface area contributed by atoms with E-state index in [0.29, 0.717) is 61.2 Å². The lowest BCUT2D eigenvalue weighted by Crippen LogP contribution is -2.35. The number of benzene rings is 2. The molecule has 0 aliphatic carbocycles. The number of nitrogens with zero attached hydrogens (tertiary/aromatic N) is 5. The zero-order chi connectivity index (χ0) is 27.8. The Morgan fingerprint density at radius 3 is 2.46 bits per heavy atom. The van der Waals surface area contributed by atoms with Crippen molar-refractivity contribution >= 4 is 29.5 Å². The predicted octanol–water partition coefficient (Wildman–Crippen LogP) is 5.16. The van der Waals surface area contributed by atoms with Crippen LogP contribution in [0.25, 0.3) is 0 Å². The van der Waals surface area contributed by atoms with Gasteiger partial charge in [0.2, 0.25) is 17.8 Å². The monoisotopic (exact) mass is 536 g/mol. The number of nitrogens with one attached hydrogen (secondary N) is 1. The molecular formula is C29H37FN6O3. The molecule has 1 aliphatic heterocycles. The number of ether oxygens (including phenoxy) is 1. The van der Waals surface area contributed by atoms with Crippen LogP contribution in [0.2, 0.25) is 0 Å². The molecule has 0 amide bonds. The van der Waals surface area contributed by atoms with E-state index in [1.807, 2.05) is 43.1 Å². The summed E-state index contributed by atoms with van der Waals surface area (Å²) in [5.41, 5.74) is 1.66. The van der Waals surface area contributed by atoms with Gasteiger partial charge in [-0.2, -0.15) is 15.0 Å². The van der Waals surface area contributed by atoms with E-state index in [1.54, 1.807) is 12.1 Å². The lowest BCUT2D eigenvalue weighted by Gasteiger charge is -2.31. The van der Waals surface area contributed by atoms with Crippen LogP contribution >= 0.6 is 0 Å². The standard InChI is InChI=1S/C29H37FN6O3/c1-4-22(26(37)38)19-21-5-11-25(12-6-21)39-18-17-35(3)28-32-27(31-24-9-7-23(30)8-10-24)33-29(34-28)36-15-13-20(2)14-16-36/h5-12,20,22H,4,13-19H2,1-3H3,(H,37,38)(H,31,32,33,34). The second kappa shape index (κ2) is 13.2. The van der Waals surface area contributed by atoms with Gasteiger partial charge in [0.1, 0.15) is 18.2 Å². The largest absolute Gasteiger partial charge is 0.492 e. The molecule has 0 spiro atoms. The minimum atomic E-state index is -0.770. The maximum atomic E-state index is 13.4. The summed E-state index contributed by atoms with van der Waals surface area (Å²) >= 11 is 0. The minimum Gasteiger partial charge on any atom is -0.492 e. The number of hydrogen-bond acceptors (Lipinski definition) is 8. The van der Waals surface area contributed by atoms with Gasteiger partial charge >= 0.3 is 5.97 Å². The van der Waals surface area contributed by atoms with Crippen molar-refractivity contribution in [1.82, 2.24) is 15.0 Å². The van der Waals surface area contributed by atoms with Crippen molar-refractivity contribution in [2.45, 2.75) is 39.5 Å². The van der Waals surface area contributed by atoms with Gasteiger partial charge in [-0.3, -0.25) is 4.79 Å². The third kappa shape index (κ3) is 8.02. The summed E-state index contributed by atoms with van der Waals surface area (Å²) < 4.78 is 19.3. The third-order valence-electron chi connectivity index (χ3n) is 7.06. The van der Waals surface area contributed by atoms with Gasteiger partial charge in [-0.25, -0.2) is 4.39 Å². The van der Waals surface area contributed by atoms with E-state index < -0.39 is 5.97 Å². The SMILES string of the molecule is CCC(Cc1ccc(OCCN(C)c2nc(Nc3ccc(F)cc3)nc(N3CCC(C)CC3)n2)cc1)C(=O)O. The average Bonchev–Trinajstić information content (AvgIpc) is 2.93. The first kappa shape index (κ1) is 28.1. The zero-order valence-electron chi connectivity index (χ0n) is 22.8. The van der Waals surface area contributed by atoms with Crippen molar-refractivity contribution < 1.29 is 19.0 Å². The molecule has 0 radical (unpaired) electrons. The Balaban J connectivity index is 1.41. The van der Waals surface area contributed by atoms with Crippen LogP contribution in [0.15, 0.2) is 48.5 Å². The lowest BCUT2D eigenvalue weighted by atomic mass is 9.97. The van der Waals surface area contributed by atoms with Gasteiger partial charge in [0.05, 0.1) is 12.5 Å². The smallest absolute Gasteiger partial charge is 0.306 e. The number of halogens is 1. The van der Waals surface area contributed by atoms with Crippen molar-refractivity contribution in [3.8, 4) is 5.75 Å². The molecular weight excluding hydrogens is 499 g/mol. The van der Waals surface area contributed by atoms with E-state index in [4.69, 9.17) is 9.72 Å². The van der Waals surface area contributed by atoms with Crippen LogP contribution in [-0.2, 0) is 11.2 Å². The molecule has 39 heavy (non-hydrogen) atoms. The fraction of sp³-hybridized carbons (Fsp3) is 0.448. The minimum absolute atomic E-state index is 0.306. The zero-order valence-corrected chi connectivity index (χ0v) is 22.8. The van der Waals surface area contributed by atoms with Crippen LogP contribution in [0.4, 0.5) is 27.9 Å². The number of carbonyl (C=O) groups is 1. The van der Waals surface area contributed by atoms with Crippen molar-refractivity contribution in [2.75, 3.05) is 48.4 Å². The third-order valence-corrected chi connectivity index (χ3v) is 7.06. The molecule has 4 rings (SSSR count). The highest BCUT2D eigenvalue weighted by Crippen LogP contribution is 2.24. The normalized spacial score (nSPS) is 14.6. The van der Waals surface area contributed by atoms with Crippen LogP contribution in [0.3, 0.4) is 0 Å². The van der Waals surface area contributed by atoms with Gasteiger partial charge in [-0.1, -0.05) is 26.0 Å². The number of aliphatic carboxylic acids is 1. The molecule has 1 fully saturated rings. The summed E-state index contributed by atoms with van der Waals surface area (Å²) in [6.07, 6.45) is 3.26. The molecule has 3 aromatic rings. The van der Waals surface area contributed by atoms with Gasteiger partial charge in [0.25, 0.3) is 0 Å². The highest BCUT2D eigenvalue weighted by Gasteiger charge is 2.21. The molecule has 0 saturated carbocycles. The average molecular weight is 537 g/mol. The maximum Gasteiger partial charge on any atom is 0.306 e. The number of anilines is 4. The highest BCUT2D eigenvalue weighted by molar-refractivity contribution is 5.70. The van der Waals surface area contributed by atoms with Crippen LogP contribution in [0, 0.1) is 17.7 Å². The fourth-order valence-electron chi connectivity index (χ4n) is 4.41. The van der Waals surface area contributed by atoms with Crippen molar-refractivity contribution in [3.05, 3.63) is 59.9 Å². The molecule has 1 unspecified atom stereocenters. The number of rotatable bonds is 12. The Kier molecular flexibility index (Phi) is 9.51. The molecule has 208 valence electrons. The van der Waals surface area contributed by atoms with Crippen LogP contribution in [-0.4, -0.2) is 59.3 Å². The quantitative estimate of drug-likeness (QED) is 0.325. The van der Waals surface area contributed by atoms with E-state index >= 15 is 0 Å². The number of carboxylic acid groups (broad SMARTS) is 1. The molecule has 0 bridgehead atoms. The Morgan fingerprint density at radius 1 is 1.13 bits per heavy atom. The number of piperidine rings is 1. The Bertz CT molecular complexity index is 1220. The van der Waals surface area contributed by atoms with Gasteiger partial charge in [0, 0.05) is 25.8 Å². The van der Waals surface area contributed by atoms with Crippen LogP contribution in [0.1, 0.15) is 38.7 Å². The van der Waals surface area contributed by atoms with E-state index in [-0.39, 0.29) is 11.7 Å². The molecule has 10 heteroatoms. The fourth-order valence-corrected chi connectivity index (χ4v) is 4.41. The summed E-state index contributed by atoms with van der Waals surface area (Å²) in [6, 6.07) is 13.6. The van der Waals surface area contributed by atoms with Gasteiger partial charge in [-0.15, -0.1) is 0 Å². The molecule has 9 nitrogen and oxygen atoms in total. The van der Waals surface area contributed by atoms with Crippen LogP contribution < -0.4 is 19.9 Å². The topological polar surface area (TPSA) is 104 Å². The molecule has 1 saturated heterocycles. The second-order valence-electron chi connectivity index (χ2n) is 10.1. The maximum absolute atomic E-state index is 13.4. The van der Waals surface area contributed by atoms with Crippen LogP contribution in [0.5, 0.6) is 5.75 Å². The van der Waals surface area contributed by atoms with E-state index in [1.165, 1.54) is 12.1 Å². The Morgan fingerprint density at radius 2 is 1.82 bits per heavy atom. The molecule has 2 heterocycles.